The summed E-state index contributed by atoms with van der Waals surface area (Å²) in [5.41, 5.74) is 12.9. The van der Waals surface area contributed by atoms with Crippen LogP contribution >= 0.6 is 0 Å². The Morgan fingerprint density at radius 1 is 0.562 bits per heavy atom. The van der Waals surface area contributed by atoms with Crippen molar-refractivity contribution in [3.05, 3.63) is 104 Å². The van der Waals surface area contributed by atoms with Gasteiger partial charge >= 0.3 is 23.9 Å². The normalized spacial score (nSPS) is 11.6. The molecule has 0 aliphatic rings. The number of H-pyrrole nitrogens is 2. The van der Waals surface area contributed by atoms with E-state index in [9.17, 15) is 38.4 Å². The summed E-state index contributed by atoms with van der Waals surface area (Å²) in [5, 5.41) is 46.4. The second-order valence-corrected chi connectivity index (χ2v) is 13.4. The van der Waals surface area contributed by atoms with Gasteiger partial charge in [0.25, 0.3) is 22.9 Å². The Morgan fingerprint density at radius 2 is 0.922 bits per heavy atom. The molecule has 2 unspecified atom stereocenters. The average molecular weight is 883 g/mol. The second-order valence-electron chi connectivity index (χ2n) is 13.4. The first kappa shape index (κ1) is 46.0. The molecule has 26 heteroatoms. The molecule has 2 atom stereocenters. The number of rotatable bonds is 18. The molecule has 4 heterocycles. The molecule has 0 aliphatic heterocycles. The van der Waals surface area contributed by atoms with E-state index in [-0.39, 0.29) is 84.1 Å². The number of aromatic amines is 2. The van der Waals surface area contributed by atoms with Crippen LogP contribution in [0.3, 0.4) is 0 Å². The van der Waals surface area contributed by atoms with E-state index in [0.29, 0.717) is 22.8 Å². The van der Waals surface area contributed by atoms with Gasteiger partial charge in [0.05, 0.1) is 36.9 Å². The predicted molar refractivity (Wildman–Crippen MR) is 224 cm³/mol. The van der Waals surface area contributed by atoms with Gasteiger partial charge in [0.2, 0.25) is 11.9 Å². The number of anilines is 4. The molecule has 0 fully saturated rings. The molecule has 2 aromatic carbocycles. The van der Waals surface area contributed by atoms with E-state index in [4.69, 9.17) is 31.9 Å². The first-order chi connectivity index (χ1) is 30.4. The van der Waals surface area contributed by atoms with Gasteiger partial charge in [-0.25, -0.2) is 29.5 Å². The number of carbonyl (C=O) groups is 6. The molecule has 0 spiro atoms. The topological polar surface area (TPSA) is 427 Å². The fourth-order valence-electron chi connectivity index (χ4n) is 5.51. The fourth-order valence-corrected chi connectivity index (χ4v) is 5.51. The maximum atomic E-state index is 12.3. The first-order valence-electron chi connectivity index (χ1n) is 18.7. The summed E-state index contributed by atoms with van der Waals surface area (Å²) in [6, 6.07) is 9.73. The van der Waals surface area contributed by atoms with Crippen molar-refractivity contribution in [1.29, 1.82) is 0 Å². The Bertz CT molecular complexity index is 2640. The van der Waals surface area contributed by atoms with Gasteiger partial charge in [-0.1, -0.05) is 0 Å². The van der Waals surface area contributed by atoms with E-state index in [1.54, 1.807) is 24.3 Å². The number of carboxylic acid groups (broad SMARTS) is 4. The van der Waals surface area contributed by atoms with E-state index >= 15 is 0 Å². The van der Waals surface area contributed by atoms with E-state index < -0.39 is 58.9 Å². The van der Waals surface area contributed by atoms with Gasteiger partial charge in [-0.15, -0.1) is 0 Å². The molecule has 6 aromatic rings. The third-order valence-corrected chi connectivity index (χ3v) is 8.71. The van der Waals surface area contributed by atoms with Gasteiger partial charge in [0.1, 0.15) is 12.1 Å². The van der Waals surface area contributed by atoms with Gasteiger partial charge in [0, 0.05) is 35.3 Å². The molecule has 0 saturated heterocycles. The van der Waals surface area contributed by atoms with Gasteiger partial charge < -0.3 is 53.2 Å². The Labute approximate surface area is 357 Å². The summed E-state index contributed by atoms with van der Waals surface area (Å²) in [6.07, 6.45) is 1.68. The molecule has 14 N–H and O–H groups in total. The first-order valence-corrected chi connectivity index (χ1v) is 18.7. The summed E-state index contributed by atoms with van der Waals surface area (Å²) in [7, 11) is 0. The summed E-state index contributed by atoms with van der Waals surface area (Å²) in [5.74, 6) is -6.31. The second kappa shape index (κ2) is 20.9. The number of aliphatic carboxylic acids is 4. The summed E-state index contributed by atoms with van der Waals surface area (Å²) < 4.78 is 0. The van der Waals surface area contributed by atoms with Gasteiger partial charge in [-0.2, -0.15) is 9.97 Å². The van der Waals surface area contributed by atoms with Crippen LogP contribution in [0.15, 0.2) is 70.5 Å². The van der Waals surface area contributed by atoms with E-state index in [2.05, 4.69) is 61.1 Å². The number of carboxylic acids is 4. The molecule has 332 valence electrons. The zero-order chi connectivity index (χ0) is 46.5. The Balaban J connectivity index is 0.000000241. The van der Waals surface area contributed by atoms with Crippen molar-refractivity contribution in [2.45, 2.75) is 50.9 Å². The Morgan fingerprint density at radius 3 is 1.25 bits per heavy atom. The monoisotopic (exact) mass is 882 g/mol. The maximum absolute atomic E-state index is 12.3. The highest BCUT2D eigenvalue weighted by Crippen LogP contribution is 2.14. The van der Waals surface area contributed by atoms with Crippen LogP contribution < -0.4 is 43.9 Å². The quantitative estimate of drug-likeness (QED) is 0.0536. The molecule has 26 nitrogen and oxygen atoms in total. The molecule has 64 heavy (non-hydrogen) atoms. The zero-order valence-electron chi connectivity index (χ0n) is 33.1. The SMILES string of the molecule is Nc1nc2ncc(CNc3ccc(C(=O)NC(CCC(=O)O)C(=O)O)cc3)nc2c(=O)[nH]1.Nc1nc2ncc(CNc3ccc(C(=O)NC(CCC(=O)O)C(=O)O)cc3)nc2c(=O)[nH]1. The van der Waals surface area contributed by atoms with Crippen molar-refractivity contribution in [2.24, 2.45) is 0 Å². The lowest BCUT2D eigenvalue weighted by atomic mass is 10.1. The van der Waals surface area contributed by atoms with Crippen LogP contribution in [-0.2, 0) is 32.3 Å². The number of benzene rings is 2. The lowest BCUT2D eigenvalue weighted by Gasteiger charge is -2.14. The van der Waals surface area contributed by atoms with Crippen molar-refractivity contribution < 1.29 is 49.2 Å². The summed E-state index contributed by atoms with van der Waals surface area (Å²) in [6.45, 7) is 0.461. The van der Waals surface area contributed by atoms with E-state index in [1.807, 2.05) is 0 Å². The fraction of sp³-hybridized carbons (Fsp3) is 0.211. The van der Waals surface area contributed by atoms with Crippen molar-refractivity contribution >= 4 is 81.3 Å². The van der Waals surface area contributed by atoms with Crippen LogP contribution in [0.2, 0.25) is 0 Å². The number of hydrogen-bond acceptors (Lipinski definition) is 18. The number of nitrogens with two attached hydrogens (primary N) is 2. The Hall–Kier alpha value is -9.10. The predicted octanol–water partition coefficient (Wildman–Crippen LogP) is -0.0896. The minimum atomic E-state index is -1.31. The van der Waals surface area contributed by atoms with Crippen LogP contribution in [0.5, 0.6) is 0 Å². The standard InChI is InChI=1S/2C19H19N7O6/c2*20-19-25-15-14(17(30)26-19)23-11(8-22-15)7-21-10-3-1-9(2-4-10)16(29)24-12(18(31)32)5-6-13(27)28/h2*1-4,8,12,21H,5-7H2,(H,24,29)(H,27,28)(H,31,32)(H3,20,22,25,26,30). The van der Waals surface area contributed by atoms with E-state index in [0.717, 1.165) is 0 Å². The van der Waals surface area contributed by atoms with Crippen molar-refractivity contribution in [1.82, 2.24) is 50.5 Å². The number of nitrogens with zero attached hydrogens (tertiary/aromatic N) is 6. The third kappa shape index (κ3) is 12.9. The number of carbonyl (C=O) groups excluding carboxylic acids is 2. The lowest BCUT2D eigenvalue weighted by molar-refractivity contribution is -0.142. The van der Waals surface area contributed by atoms with Crippen molar-refractivity contribution in [2.75, 3.05) is 22.1 Å². The molecule has 4 aromatic heterocycles. The lowest BCUT2D eigenvalue weighted by Crippen LogP contribution is -2.41. The van der Waals surface area contributed by atoms with Crippen LogP contribution in [0, 0.1) is 0 Å². The maximum Gasteiger partial charge on any atom is 0.326 e. The minimum absolute atomic E-state index is 0.0524. The summed E-state index contributed by atoms with van der Waals surface area (Å²) in [4.78, 5) is 121. The molecule has 0 bridgehead atoms. The largest absolute Gasteiger partial charge is 0.481 e. The number of hydrogen-bond donors (Lipinski definition) is 12. The molecule has 0 radical (unpaired) electrons. The summed E-state index contributed by atoms with van der Waals surface area (Å²) >= 11 is 0. The Kier molecular flexibility index (Phi) is 15.0. The smallest absolute Gasteiger partial charge is 0.326 e. The third-order valence-electron chi connectivity index (χ3n) is 8.71. The van der Waals surface area contributed by atoms with Crippen LogP contribution in [0.1, 0.15) is 57.8 Å². The number of nitrogens with one attached hydrogen (secondary N) is 6. The molecule has 0 saturated carbocycles. The van der Waals surface area contributed by atoms with Gasteiger partial charge in [0.15, 0.2) is 22.3 Å². The molecule has 0 aliphatic carbocycles. The van der Waals surface area contributed by atoms with Crippen LogP contribution in [0.25, 0.3) is 22.3 Å². The van der Waals surface area contributed by atoms with Gasteiger partial charge in [-0.05, 0) is 61.4 Å². The van der Waals surface area contributed by atoms with Crippen LogP contribution in [-0.4, -0.2) is 108 Å². The number of nitrogen functional groups attached to an aromatic ring is 2. The highest BCUT2D eigenvalue weighted by molar-refractivity contribution is 5.97. The van der Waals surface area contributed by atoms with Crippen molar-refractivity contribution in [3.63, 3.8) is 0 Å². The van der Waals surface area contributed by atoms with Gasteiger partial charge in [-0.3, -0.25) is 38.7 Å². The molecule has 2 amide bonds. The van der Waals surface area contributed by atoms with E-state index in [1.165, 1.54) is 36.7 Å². The van der Waals surface area contributed by atoms with Crippen molar-refractivity contribution in [3.8, 4) is 0 Å². The highest BCUT2D eigenvalue weighted by atomic mass is 16.4. The minimum Gasteiger partial charge on any atom is -0.481 e. The molecular formula is C38H38N14O12. The zero-order valence-corrected chi connectivity index (χ0v) is 33.1. The number of aromatic nitrogens is 8. The molecular weight excluding hydrogens is 845 g/mol. The highest BCUT2D eigenvalue weighted by Gasteiger charge is 2.23. The number of fused-ring (bicyclic) bond motifs is 2. The average Bonchev–Trinajstić information content (AvgIpc) is 3.25. The number of amides is 2. The van der Waals surface area contributed by atoms with Crippen LogP contribution in [0.4, 0.5) is 23.3 Å². The molecule has 6 rings (SSSR count).